The molecule has 0 radical (unpaired) electrons. The highest BCUT2D eigenvalue weighted by Gasteiger charge is 2.28. The highest BCUT2D eigenvalue weighted by Crippen LogP contribution is 2.63. The predicted molar refractivity (Wildman–Crippen MR) is 145 cm³/mol. The number of hydrogen-bond acceptors (Lipinski definition) is 8. The molecule has 0 bridgehead atoms. The SMILES string of the molecule is CSC1=C(SC)SC(=C2SC(/C=C/c3ccccn3)=C(/C=C/c3ccccn3)S2)S1. The second-order valence-electron chi connectivity index (χ2n) is 5.87. The zero-order valence-electron chi connectivity index (χ0n) is 16.3. The van der Waals surface area contributed by atoms with Crippen LogP contribution < -0.4 is 0 Å². The van der Waals surface area contributed by atoms with Crippen molar-refractivity contribution in [2.45, 2.75) is 0 Å². The summed E-state index contributed by atoms with van der Waals surface area (Å²) >= 11 is 11.2. The molecule has 0 spiro atoms. The molecule has 0 unspecified atom stereocenters. The van der Waals surface area contributed by atoms with Crippen molar-refractivity contribution in [2.24, 2.45) is 0 Å². The van der Waals surface area contributed by atoms with E-state index in [1.807, 2.05) is 119 Å². The van der Waals surface area contributed by atoms with E-state index in [0.29, 0.717) is 0 Å². The molecule has 2 aromatic rings. The Morgan fingerprint density at radius 3 is 1.50 bits per heavy atom. The summed E-state index contributed by atoms with van der Waals surface area (Å²) in [6.45, 7) is 0. The maximum absolute atomic E-state index is 4.41. The smallest absolute Gasteiger partial charge is 0.0717 e. The van der Waals surface area contributed by atoms with Crippen molar-refractivity contribution < 1.29 is 0 Å². The van der Waals surface area contributed by atoms with Crippen LogP contribution in [-0.2, 0) is 0 Å². The molecule has 0 saturated heterocycles. The van der Waals surface area contributed by atoms with Gasteiger partial charge in [0.25, 0.3) is 0 Å². The second kappa shape index (κ2) is 11.1. The normalized spacial score (nSPS) is 17.4. The Balaban J connectivity index is 1.61. The van der Waals surface area contributed by atoms with Gasteiger partial charge in [-0.15, -0.1) is 23.5 Å². The summed E-state index contributed by atoms with van der Waals surface area (Å²) < 4.78 is 5.53. The van der Waals surface area contributed by atoms with Crippen LogP contribution in [-0.4, -0.2) is 22.5 Å². The fourth-order valence-corrected chi connectivity index (χ4v) is 10.3. The van der Waals surface area contributed by atoms with Crippen molar-refractivity contribution in [3.05, 3.63) is 99.1 Å². The molecular weight excluding hydrogens is 485 g/mol. The van der Waals surface area contributed by atoms with Gasteiger partial charge < -0.3 is 0 Å². The molecule has 0 saturated carbocycles. The maximum Gasteiger partial charge on any atom is 0.0717 e. The first kappa shape index (κ1) is 22.3. The van der Waals surface area contributed by atoms with Gasteiger partial charge in [-0.25, -0.2) is 0 Å². The van der Waals surface area contributed by atoms with E-state index >= 15 is 0 Å². The Labute approximate surface area is 203 Å². The van der Waals surface area contributed by atoms with E-state index in [9.17, 15) is 0 Å². The molecule has 2 aliphatic heterocycles. The Bertz CT molecular complexity index is 974. The highest BCUT2D eigenvalue weighted by atomic mass is 32.3. The monoisotopic (exact) mass is 502 g/mol. The first-order chi connectivity index (χ1) is 14.8. The molecule has 0 aromatic carbocycles. The molecule has 8 heteroatoms. The van der Waals surface area contributed by atoms with Crippen molar-refractivity contribution in [3.8, 4) is 0 Å². The average molecular weight is 503 g/mol. The molecule has 2 aliphatic rings. The van der Waals surface area contributed by atoms with Gasteiger partial charge in [0, 0.05) is 22.2 Å². The van der Waals surface area contributed by atoms with Crippen LogP contribution in [0.5, 0.6) is 0 Å². The van der Waals surface area contributed by atoms with Gasteiger partial charge in [-0.2, -0.15) is 0 Å². The van der Waals surface area contributed by atoms with Crippen LogP contribution in [0.3, 0.4) is 0 Å². The number of aromatic nitrogens is 2. The van der Waals surface area contributed by atoms with Crippen molar-refractivity contribution in [2.75, 3.05) is 12.5 Å². The molecule has 2 aromatic heterocycles. The van der Waals surface area contributed by atoms with Crippen molar-refractivity contribution in [3.63, 3.8) is 0 Å². The van der Waals surface area contributed by atoms with Crippen molar-refractivity contribution >= 4 is 82.7 Å². The molecule has 0 atom stereocenters. The van der Waals surface area contributed by atoms with Crippen LogP contribution in [0, 0.1) is 0 Å². The summed E-state index contributed by atoms with van der Waals surface area (Å²) in [5, 5.41) is 0. The molecule has 0 aliphatic carbocycles. The minimum Gasteiger partial charge on any atom is -0.257 e. The van der Waals surface area contributed by atoms with E-state index in [2.05, 4.69) is 46.8 Å². The summed E-state index contributed by atoms with van der Waals surface area (Å²) in [5.41, 5.74) is 1.93. The Hall–Kier alpha value is -0.900. The van der Waals surface area contributed by atoms with Gasteiger partial charge in [-0.3, -0.25) is 9.97 Å². The third kappa shape index (κ3) is 5.66. The number of rotatable bonds is 6. The number of hydrogen-bond donors (Lipinski definition) is 0. The van der Waals surface area contributed by atoms with Crippen molar-refractivity contribution in [1.29, 1.82) is 0 Å². The summed E-state index contributed by atoms with van der Waals surface area (Å²) in [5.74, 6) is 0. The fraction of sp³-hybridized carbons (Fsp3) is 0.0909. The molecule has 4 rings (SSSR count). The van der Waals surface area contributed by atoms with E-state index in [4.69, 9.17) is 0 Å². The Kier molecular flexibility index (Phi) is 8.26. The van der Waals surface area contributed by atoms with Gasteiger partial charge in [0.2, 0.25) is 0 Å². The lowest BCUT2D eigenvalue weighted by Gasteiger charge is -2.01. The van der Waals surface area contributed by atoms with Crippen LogP contribution in [0.1, 0.15) is 11.4 Å². The summed E-state index contributed by atoms with van der Waals surface area (Å²) in [7, 11) is 0. The molecule has 0 N–H and O–H groups in total. The van der Waals surface area contributed by atoms with Crippen LogP contribution in [0.15, 0.2) is 87.7 Å². The van der Waals surface area contributed by atoms with E-state index < -0.39 is 0 Å². The van der Waals surface area contributed by atoms with E-state index in [0.717, 1.165) is 11.4 Å². The topological polar surface area (TPSA) is 25.8 Å². The molecule has 0 fully saturated rings. The summed E-state index contributed by atoms with van der Waals surface area (Å²) in [6, 6.07) is 11.9. The number of thioether (sulfide) groups is 6. The van der Waals surface area contributed by atoms with Gasteiger partial charge in [0.1, 0.15) is 0 Å². The third-order valence-electron chi connectivity index (χ3n) is 3.91. The molecule has 4 heterocycles. The Morgan fingerprint density at radius 1 is 0.633 bits per heavy atom. The summed E-state index contributed by atoms with van der Waals surface area (Å²) in [4.78, 5) is 11.3. The minimum atomic E-state index is 0.963. The molecule has 30 heavy (non-hydrogen) atoms. The predicted octanol–water partition coefficient (Wildman–Crippen LogP) is 8.35. The van der Waals surface area contributed by atoms with Gasteiger partial charge >= 0.3 is 0 Å². The van der Waals surface area contributed by atoms with Crippen LogP contribution in [0.25, 0.3) is 12.2 Å². The maximum atomic E-state index is 4.41. The van der Waals surface area contributed by atoms with Crippen LogP contribution >= 0.6 is 70.6 Å². The van der Waals surface area contributed by atoms with Gasteiger partial charge in [-0.05, 0) is 61.1 Å². The lowest BCUT2D eigenvalue weighted by molar-refractivity contribution is 1.29. The zero-order chi connectivity index (χ0) is 20.8. The number of nitrogens with zero attached hydrogens (tertiary/aromatic N) is 2. The largest absolute Gasteiger partial charge is 0.257 e. The first-order valence-electron chi connectivity index (χ1n) is 8.97. The Morgan fingerprint density at radius 2 is 1.10 bits per heavy atom. The molecular formula is C22H18N2S6. The zero-order valence-corrected chi connectivity index (χ0v) is 21.2. The van der Waals surface area contributed by atoms with Crippen LogP contribution in [0.4, 0.5) is 0 Å². The molecule has 152 valence electrons. The van der Waals surface area contributed by atoms with Crippen molar-refractivity contribution in [1.82, 2.24) is 9.97 Å². The molecule has 0 amide bonds. The fourth-order valence-electron chi connectivity index (χ4n) is 2.51. The first-order valence-corrected chi connectivity index (χ1v) is 14.7. The molecule has 2 nitrogen and oxygen atoms in total. The lowest BCUT2D eigenvalue weighted by atomic mass is 10.3. The van der Waals surface area contributed by atoms with E-state index in [1.54, 1.807) is 0 Å². The quantitative estimate of drug-likeness (QED) is 0.389. The van der Waals surface area contributed by atoms with Gasteiger partial charge in [0.05, 0.1) is 28.3 Å². The third-order valence-corrected chi connectivity index (χ3v) is 12.2. The van der Waals surface area contributed by atoms with Gasteiger partial charge in [0.15, 0.2) is 0 Å². The van der Waals surface area contributed by atoms with Gasteiger partial charge in [-0.1, -0.05) is 59.2 Å². The second-order valence-corrected chi connectivity index (χ2v) is 12.7. The lowest BCUT2D eigenvalue weighted by Crippen LogP contribution is -1.78. The standard InChI is InChI=1S/C22H18N2S6/c1-25-19-20(26-2)30-22(29-19)21-27-17(11-9-15-7-3-5-13-23-15)18(28-21)12-10-16-8-4-6-14-24-16/h3-14H,1-2H3/b11-9+,12-10+. The highest BCUT2D eigenvalue weighted by molar-refractivity contribution is 8.42. The minimum absolute atomic E-state index is 0.963. The average Bonchev–Trinajstić information content (AvgIpc) is 3.41. The van der Waals surface area contributed by atoms with E-state index in [-0.39, 0.29) is 0 Å². The number of pyridine rings is 2. The number of allylic oxidation sites excluding steroid dienone is 2. The van der Waals surface area contributed by atoms with E-state index in [1.165, 1.54) is 26.8 Å². The summed E-state index contributed by atoms with van der Waals surface area (Å²) in [6.07, 6.45) is 16.5. The van der Waals surface area contributed by atoms with Crippen LogP contribution in [0.2, 0.25) is 0 Å².